The number of carbonyl (C=O) groups excluding carboxylic acids is 1. The molecule has 8 nitrogen and oxygen atoms in total. The van der Waals surface area contributed by atoms with Crippen LogP contribution in [-0.4, -0.2) is 65.9 Å². The van der Waals surface area contributed by atoms with Gasteiger partial charge in [-0.1, -0.05) is 6.58 Å². The number of hydrogen-bond acceptors (Lipinski definition) is 6. The normalized spacial score (nSPS) is 12.4. The maximum Gasteiger partial charge on any atom is 0.333 e. The van der Waals surface area contributed by atoms with Crippen LogP contribution in [0.5, 0.6) is 0 Å². The van der Waals surface area contributed by atoms with Crippen LogP contribution in [-0.2, 0) is 29.6 Å². The maximum absolute atomic E-state index is 11.6. The van der Waals surface area contributed by atoms with Crippen molar-refractivity contribution < 1.29 is 26.4 Å². The molecule has 0 atom stereocenters. The van der Waals surface area contributed by atoms with E-state index in [-0.39, 0.29) is 31.8 Å². The molecule has 10 heteroatoms. The van der Waals surface area contributed by atoms with E-state index in [0.717, 1.165) is 16.8 Å². The summed E-state index contributed by atoms with van der Waals surface area (Å²) in [5.41, 5.74) is 0.234. The first-order valence-corrected chi connectivity index (χ1v) is 9.90. The average molecular weight is 342 g/mol. The van der Waals surface area contributed by atoms with E-state index in [1.165, 1.54) is 6.92 Å². The molecule has 0 unspecified atom stereocenters. The van der Waals surface area contributed by atoms with Crippen molar-refractivity contribution in [1.29, 1.82) is 0 Å². The molecule has 0 fully saturated rings. The van der Waals surface area contributed by atoms with Crippen LogP contribution in [0.4, 0.5) is 0 Å². The molecule has 0 aromatic heterocycles. The molecule has 0 heterocycles. The van der Waals surface area contributed by atoms with Gasteiger partial charge in [0.15, 0.2) is 0 Å². The summed E-state index contributed by atoms with van der Waals surface area (Å²) >= 11 is 0. The highest BCUT2D eigenvalue weighted by atomic mass is 32.2. The first-order chi connectivity index (χ1) is 9.43. The van der Waals surface area contributed by atoms with E-state index in [1.54, 1.807) is 0 Å². The van der Waals surface area contributed by atoms with Gasteiger partial charge < -0.3 is 4.74 Å². The average Bonchev–Trinajstić information content (AvgIpc) is 2.28. The molecule has 0 spiro atoms. The Balaban J connectivity index is 4.30. The second-order valence-corrected chi connectivity index (χ2v) is 8.41. The summed E-state index contributed by atoms with van der Waals surface area (Å²) in [5.74, 6) is -0.581. The quantitative estimate of drug-likeness (QED) is 0.320. The molecule has 0 aliphatic heterocycles. The van der Waals surface area contributed by atoms with E-state index in [4.69, 9.17) is 4.74 Å². The van der Waals surface area contributed by atoms with Crippen LogP contribution in [0.2, 0.25) is 0 Å². The van der Waals surface area contributed by atoms with Crippen molar-refractivity contribution in [3.8, 4) is 0 Å². The van der Waals surface area contributed by atoms with Crippen LogP contribution < -0.4 is 4.72 Å². The van der Waals surface area contributed by atoms with Crippen molar-refractivity contribution in [3.05, 3.63) is 12.2 Å². The maximum atomic E-state index is 11.6. The fourth-order valence-electron chi connectivity index (χ4n) is 1.32. The lowest BCUT2D eigenvalue weighted by Gasteiger charge is -2.19. The zero-order valence-electron chi connectivity index (χ0n) is 12.5. The van der Waals surface area contributed by atoms with E-state index in [0.29, 0.717) is 6.42 Å². The van der Waals surface area contributed by atoms with E-state index in [9.17, 15) is 21.6 Å². The third-order valence-electron chi connectivity index (χ3n) is 2.34. The molecule has 0 saturated carbocycles. The third kappa shape index (κ3) is 10.4. The molecule has 0 saturated heterocycles. The van der Waals surface area contributed by atoms with Crippen LogP contribution in [0.3, 0.4) is 0 Å². The van der Waals surface area contributed by atoms with Crippen LogP contribution in [0.15, 0.2) is 12.2 Å². The summed E-state index contributed by atoms with van der Waals surface area (Å²) in [7, 11) is -6.75. The lowest BCUT2D eigenvalue weighted by Crippen LogP contribution is -2.36. The summed E-state index contributed by atoms with van der Waals surface area (Å²) in [4.78, 5) is 11.2. The Hall–Kier alpha value is -0.970. The van der Waals surface area contributed by atoms with Crippen molar-refractivity contribution >= 4 is 26.0 Å². The first-order valence-electron chi connectivity index (χ1n) is 6.16. The van der Waals surface area contributed by atoms with Gasteiger partial charge in [-0.25, -0.2) is 26.4 Å². The molecule has 0 radical (unpaired) electrons. The molecule has 1 N–H and O–H groups in total. The third-order valence-corrected chi connectivity index (χ3v) is 4.37. The molecule has 0 aromatic carbocycles. The number of ether oxygens (including phenoxy) is 1. The Labute approximate surface area is 126 Å². The molecular weight excluding hydrogens is 320 g/mol. The van der Waals surface area contributed by atoms with Gasteiger partial charge >= 0.3 is 5.97 Å². The molecule has 124 valence electrons. The fraction of sp³-hybridized carbons (Fsp3) is 0.727. The summed E-state index contributed by atoms with van der Waals surface area (Å²) in [6, 6.07) is 0. The molecule has 0 aliphatic carbocycles. The Kier molecular flexibility index (Phi) is 8.08. The van der Waals surface area contributed by atoms with Crippen molar-refractivity contribution in [2.45, 2.75) is 13.3 Å². The number of esters is 1. The van der Waals surface area contributed by atoms with Gasteiger partial charge in [-0.3, -0.25) is 0 Å². The van der Waals surface area contributed by atoms with Crippen molar-refractivity contribution in [3.63, 3.8) is 0 Å². The molecule has 0 aliphatic rings. The highest BCUT2D eigenvalue weighted by Crippen LogP contribution is 2.01. The molecule has 0 bridgehead atoms. The van der Waals surface area contributed by atoms with Crippen molar-refractivity contribution in [2.24, 2.45) is 0 Å². The summed E-state index contributed by atoms with van der Waals surface area (Å²) in [5, 5.41) is 0. The minimum absolute atomic E-state index is 0.0106. The van der Waals surface area contributed by atoms with Gasteiger partial charge in [-0.2, -0.15) is 4.31 Å². The van der Waals surface area contributed by atoms with Gasteiger partial charge in [0, 0.05) is 25.2 Å². The number of carbonyl (C=O) groups is 1. The van der Waals surface area contributed by atoms with Crippen molar-refractivity contribution in [2.75, 3.05) is 38.8 Å². The Morgan fingerprint density at radius 3 is 2.19 bits per heavy atom. The van der Waals surface area contributed by atoms with Gasteiger partial charge in [0.05, 0.1) is 12.5 Å². The highest BCUT2D eigenvalue weighted by molar-refractivity contribution is 7.88. The zero-order valence-corrected chi connectivity index (χ0v) is 14.1. The molecule has 0 aromatic rings. The summed E-state index contributed by atoms with van der Waals surface area (Å²) in [6.07, 6.45) is 2.38. The summed E-state index contributed by atoms with van der Waals surface area (Å²) in [6.45, 7) is 5.10. The number of nitrogens with one attached hydrogen (secondary N) is 1. The highest BCUT2D eigenvalue weighted by Gasteiger charge is 2.17. The monoisotopic (exact) mass is 342 g/mol. The van der Waals surface area contributed by atoms with E-state index in [2.05, 4.69) is 11.3 Å². The van der Waals surface area contributed by atoms with E-state index >= 15 is 0 Å². The van der Waals surface area contributed by atoms with E-state index in [1.807, 2.05) is 0 Å². The van der Waals surface area contributed by atoms with E-state index < -0.39 is 26.0 Å². The summed E-state index contributed by atoms with van der Waals surface area (Å²) < 4.78 is 53.1. The molecular formula is C11H22N2O6S2. The number of hydrogen-bond donors (Lipinski definition) is 1. The van der Waals surface area contributed by atoms with Gasteiger partial charge in [0.1, 0.15) is 6.61 Å². The first kappa shape index (κ1) is 20.0. The smallest absolute Gasteiger partial charge is 0.333 e. The predicted molar refractivity (Wildman–Crippen MR) is 79.7 cm³/mol. The van der Waals surface area contributed by atoms with Gasteiger partial charge in [0.2, 0.25) is 20.0 Å². The lowest BCUT2D eigenvalue weighted by atomic mass is 10.4. The van der Waals surface area contributed by atoms with Crippen LogP contribution in [0.25, 0.3) is 0 Å². The van der Waals surface area contributed by atoms with Crippen LogP contribution >= 0.6 is 0 Å². The Morgan fingerprint density at radius 2 is 1.76 bits per heavy atom. The number of nitrogens with zero attached hydrogens (tertiary/aromatic N) is 1. The minimum Gasteiger partial charge on any atom is -0.461 e. The lowest BCUT2D eigenvalue weighted by molar-refractivity contribution is -0.139. The van der Waals surface area contributed by atoms with Gasteiger partial charge in [-0.15, -0.1) is 0 Å². The van der Waals surface area contributed by atoms with Gasteiger partial charge in [0.25, 0.3) is 0 Å². The SMILES string of the molecule is C=C(C)C(=O)OCCN(CCCNS(C)(=O)=O)S(C)(=O)=O. The number of sulfonamides is 2. The van der Waals surface area contributed by atoms with Crippen LogP contribution in [0, 0.1) is 0 Å². The second-order valence-electron chi connectivity index (χ2n) is 4.60. The van der Waals surface area contributed by atoms with Crippen molar-refractivity contribution in [1.82, 2.24) is 9.03 Å². The molecule has 0 rings (SSSR count). The van der Waals surface area contributed by atoms with Crippen LogP contribution in [0.1, 0.15) is 13.3 Å². The second kappa shape index (κ2) is 8.47. The standard InChI is InChI=1S/C11H22N2O6S2/c1-10(2)11(14)19-9-8-13(21(4,17)18)7-5-6-12-20(3,15)16/h12H,1,5-9H2,2-4H3. The molecule has 21 heavy (non-hydrogen) atoms. The largest absolute Gasteiger partial charge is 0.461 e. The Morgan fingerprint density at radius 1 is 1.19 bits per heavy atom. The Bertz CT molecular complexity index is 568. The zero-order chi connectivity index (χ0) is 16.7. The minimum atomic E-state index is -3.46. The number of rotatable bonds is 10. The fourth-order valence-corrected chi connectivity index (χ4v) is 2.70. The molecule has 0 amide bonds. The topological polar surface area (TPSA) is 110 Å². The predicted octanol–water partition coefficient (Wildman–Crippen LogP) is -0.693. The van der Waals surface area contributed by atoms with Gasteiger partial charge in [-0.05, 0) is 13.3 Å².